The summed E-state index contributed by atoms with van der Waals surface area (Å²) >= 11 is 0. The monoisotopic (exact) mass is 452 g/mol. The molecule has 0 radical (unpaired) electrons. The largest absolute Gasteiger partial charge is 0.271 e. The molecule has 0 saturated heterocycles. The number of rotatable bonds is 8. The van der Waals surface area contributed by atoms with Crippen LogP contribution < -0.4 is 9.73 Å². The topological polar surface area (TPSA) is 122 Å². The van der Waals surface area contributed by atoms with Crippen LogP contribution in [0.1, 0.15) is 21.5 Å². The van der Waals surface area contributed by atoms with Gasteiger partial charge in [-0.2, -0.15) is 5.10 Å². The number of anilines is 1. The summed E-state index contributed by atoms with van der Waals surface area (Å²) in [7, 11) is -3.54. The van der Waals surface area contributed by atoms with E-state index >= 15 is 0 Å². The SMILES string of the molecule is CS(=O)(=O)N(Cc1ccccc1)c1ccc(C(=O)N/N=C\c2cccc([N+](=O)[O-])c2)cc1. The molecule has 3 aromatic carbocycles. The van der Waals surface area contributed by atoms with Crippen molar-refractivity contribution in [3.05, 3.63) is 106 Å². The van der Waals surface area contributed by atoms with E-state index in [0.717, 1.165) is 11.8 Å². The van der Waals surface area contributed by atoms with E-state index < -0.39 is 20.9 Å². The van der Waals surface area contributed by atoms with Gasteiger partial charge in [0.05, 0.1) is 29.6 Å². The number of hydrogen-bond acceptors (Lipinski definition) is 6. The molecule has 10 heteroatoms. The lowest BCUT2D eigenvalue weighted by atomic mass is 10.2. The van der Waals surface area contributed by atoms with Crippen molar-refractivity contribution in [3.63, 3.8) is 0 Å². The first-order chi connectivity index (χ1) is 15.2. The highest BCUT2D eigenvalue weighted by atomic mass is 32.2. The van der Waals surface area contributed by atoms with Gasteiger partial charge < -0.3 is 0 Å². The van der Waals surface area contributed by atoms with E-state index in [1.165, 1.54) is 40.9 Å². The van der Waals surface area contributed by atoms with Gasteiger partial charge in [0.1, 0.15) is 0 Å². The highest BCUT2D eigenvalue weighted by Crippen LogP contribution is 2.21. The summed E-state index contributed by atoms with van der Waals surface area (Å²) < 4.78 is 25.8. The molecule has 0 unspecified atom stereocenters. The van der Waals surface area contributed by atoms with Gasteiger partial charge in [0.25, 0.3) is 11.6 Å². The minimum absolute atomic E-state index is 0.0817. The maximum absolute atomic E-state index is 12.3. The Balaban J connectivity index is 1.70. The molecule has 9 nitrogen and oxygen atoms in total. The first kappa shape index (κ1) is 22.6. The van der Waals surface area contributed by atoms with Crippen LogP contribution in [0.4, 0.5) is 11.4 Å². The van der Waals surface area contributed by atoms with Gasteiger partial charge in [0.15, 0.2) is 0 Å². The second kappa shape index (κ2) is 9.84. The van der Waals surface area contributed by atoms with Gasteiger partial charge in [0.2, 0.25) is 10.0 Å². The summed E-state index contributed by atoms with van der Waals surface area (Å²) in [5, 5.41) is 14.6. The second-order valence-corrected chi connectivity index (χ2v) is 8.76. The second-order valence-electron chi connectivity index (χ2n) is 6.85. The highest BCUT2D eigenvalue weighted by Gasteiger charge is 2.18. The number of nitrogens with zero attached hydrogens (tertiary/aromatic N) is 3. The molecule has 0 bridgehead atoms. The lowest BCUT2D eigenvalue weighted by Crippen LogP contribution is -2.29. The Hall–Kier alpha value is -4.05. The van der Waals surface area contributed by atoms with E-state index in [1.54, 1.807) is 18.2 Å². The third-order valence-electron chi connectivity index (χ3n) is 4.45. The van der Waals surface area contributed by atoms with Gasteiger partial charge >= 0.3 is 0 Å². The molecule has 0 aliphatic heterocycles. The number of hydrogen-bond donors (Lipinski definition) is 1. The maximum Gasteiger partial charge on any atom is 0.271 e. The summed E-state index contributed by atoms with van der Waals surface area (Å²) in [6, 6.07) is 21.1. The molecular formula is C22H20N4O5S. The van der Waals surface area contributed by atoms with Crippen LogP contribution in [0, 0.1) is 10.1 Å². The average molecular weight is 452 g/mol. The van der Waals surface area contributed by atoms with Gasteiger partial charge in [-0.1, -0.05) is 42.5 Å². The molecule has 0 aromatic heterocycles. The number of carbonyl (C=O) groups excluding carboxylic acids is 1. The Labute approximate surface area is 185 Å². The zero-order valence-electron chi connectivity index (χ0n) is 17.1. The quantitative estimate of drug-likeness (QED) is 0.319. The molecule has 1 amide bonds. The molecule has 0 fully saturated rings. The normalized spacial score (nSPS) is 11.3. The van der Waals surface area contributed by atoms with Crippen molar-refractivity contribution in [2.24, 2.45) is 5.10 Å². The summed E-state index contributed by atoms with van der Waals surface area (Å²) in [5.41, 5.74) is 4.25. The zero-order valence-corrected chi connectivity index (χ0v) is 17.9. The van der Waals surface area contributed by atoms with Crippen LogP contribution in [0.25, 0.3) is 0 Å². The first-order valence-electron chi connectivity index (χ1n) is 9.43. The van der Waals surface area contributed by atoms with Gasteiger partial charge in [-0.3, -0.25) is 19.2 Å². The fourth-order valence-corrected chi connectivity index (χ4v) is 3.77. The highest BCUT2D eigenvalue weighted by molar-refractivity contribution is 7.92. The molecule has 0 aliphatic carbocycles. The van der Waals surface area contributed by atoms with Crippen molar-refractivity contribution in [3.8, 4) is 0 Å². The predicted molar refractivity (Wildman–Crippen MR) is 122 cm³/mol. The molecule has 0 atom stereocenters. The minimum Gasteiger partial charge on any atom is -0.267 e. The molecular weight excluding hydrogens is 432 g/mol. The van der Waals surface area contributed by atoms with E-state index in [2.05, 4.69) is 10.5 Å². The van der Waals surface area contributed by atoms with Crippen LogP contribution in [0.5, 0.6) is 0 Å². The number of nitrogens with one attached hydrogen (secondary N) is 1. The first-order valence-corrected chi connectivity index (χ1v) is 11.3. The van der Waals surface area contributed by atoms with Gasteiger partial charge in [0, 0.05) is 23.3 Å². The van der Waals surface area contributed by atoms with E-state index in [0.29, 0.717) is 11.3 Å². The summed E-state index contributed by atoms with van der Waals surface area (Å²) in [4.78, 5) is 22.6. The molecule has 0 aliphatic rings. The lowest BCUT2D eigenvalue weighted by molar-refractivity contribution is -0.384. The zero-order chi connectivity index (χ0) is 23.1. The van der Waals surface area contributed by atoms with Crippen molar-refractivity contribution in [2.45, 2.75) is 6.54 Å². The average Bonchev–Trinajstić information content (AvgIpc) is 2.78. The molecule has 32 heavy (non-hydrogen) atoms. The molecule has 1 N–H and O–H groups in total. The maximum atomic E-state index is 12.3. The van der Waals surface area contributed by atoms with Crippen molar-refractivity contribution in [2.75, 3.05) is 10.6 Å². The van der Waals surface area contributed by atoms with Crippen molar-refractivity contribution in [1.82, 2.24) is 5.43 Å². The number of carbonyl (C=O) groups is 1. The minimum atomic E-state index is -3.54. The Morgan fingerprint density at radius 3 is 2.38 bits per heavy atom. The van der Waals surface area contributed by atoms with E-state index in [1.807, 2.05) is 30.3 Å². The molecule has 164 valence electrons. The van der Waals surface area contributed by atoms with Crippen LogP contribution in [0.3, 0.4) is 0 Å². The number of amides is 1. The standard InChI is InChI=1S/C22H20N4O5S/c1-32(30,31)25(16-17-6-3-2-4-7-17)20-12-10-19(11-13-20)22(27)24-23-15-18-8-5-9-21(14-18)26(28)29/h2-15H,16H2,1H3,(H,24,27)/b23-15-. The predicted octanol–water partition coefficient (Wildman–Crippen LogP) is 3.32. The van der Waals surface area contributed by atoms with Crippen molar-refractivity contribution in [1.29, 1.82) is 0 Å². The fraction of sp³-hybridized carbons (Fsp3) is 0.0909. The summed E-state index contributed by atoms with van der Waals surface area (Å²) in [6.07, 6.45) is 2.42. The molecule has 3 rings (SSSR count). The third-order valence-corrected chi connectivity index (χ3v) is 5.59. The molecule has 0 saturated carbocycles. The Morgan fingerprint density at radius 1 is 1.06 bits per heavy atom. The number of non-ortho nitro benzene ring substituents is 1. The Kier molecular flexibility index (Phi) is 6.96. The lowest BCUT2D eigenvalue weighted by Gasteiger charge is -2.22. The van der Waals surface area contributed by atoms with Crippen LogP contribution in [0.15, 0.2) is 84.0 Å². The van der Waals surface area contributed by atoms with E-state index in [9.17, 15) is 23.3 Å². The smallest absolute Gasteiger partial charge is 0.267 e. The van der Waals surface area contributed by atoms with Gasteiger partial charge in [-0.05, 0) is 29.8 Å². The third kappa shape index (κ3) is 5.99. The van der Waals surface area contributed by atoms with Crippen LogP contribution in [0.2, 0.25) is 0 Å². The number of hydrazone groups is 1. The molecule has 0 heterocycles. The number of sulfonamides is 1. The van der Waals surface area contributed by atoms with Gasteiger partial charge in [-0.25, -0.2) is 13.8 Å². The van der Waals surface area contributed by atoms with Crippen LogP contribution in [-0.4, -0.2) is 31.7 Å². The van der Waals surface area contributed by atoms with E-state index in [-0.39, 0.29) is 17.8 Å². The van der Waals surface area contributed by atoms with E-state index in [4.69, 9.17) is 0 Å². The number of nitro groups is 1. The Bertz CT molecular complexity index is 1240. The van der Waals surface area contributed by atoms with Crippen molar-refractivity contribution >= 4 is 33.5 Å². The fourth-order valence-electron chi connectivity index (χ4n) is 2.88. The van der Waals surface area contributed by atoms with Gasteiger partial charge in [-0.15, -0.1) is 0 Å². The molecule has 0 spiro atoms. The Morgan fingerprint density at radius 2 is 1.75 bits per heavy atom. The van der Waals surface area contributed by atoms with Crippen LogP contribution >= 0.6 is 0 Å². The van der Waals surface area contributed by atoms with Crippen LogP contribution in [-0.2, 0) is 16.6 Å². The summed E-state index contributed by atoms with van der Waals surface area (Å²) in [5.74, 6) is -0.507. The molecule has 3 aromatic rings. The number of nitro benzene ring substituents is 1. The summed E-state index contributed by atoms with van der Waals surface area (Å²) in [6.45, 7) is 0.165. The van der Waals surface area contributed by atoms with Crippen molar-refractivity contribution < 1.29 is 18.1 Å². The number of benzene rings is 3.